The van der Waals surface area contributed by atoms with Crippen LogP contribution in [0.15, 0.2) is 0 Å². The van der Waals surface area contributed by atoms with Gasteiger partial charge in [0.1, 0.15) is 0 Å². The molecule has 0 aromatic heterocycles. The Morgan fingerprint density at radius 3 is 2.22 bits per heavy atom. The van der Waals surface area contributed by atoms with Crippen LogP contribution >= 0.6 is 0 Å². The maximum absolute atomic E-state index is 12.0. The van der Waals surface area contributed by atoms with Crippen LogP contribution in [0.5, 0.6) is 0 Å². The molecule has 0 radical (unpaired) electrons. The molecule has 134 valence electrons. The van der Waals surface area contributed by atoms with Crippen LogP contribution in [-0.2, 0) is 14.9 Å². The second kappa shape index (κ2) is 5.95. The first-order valence-corrected chi connectivity index (χ1v) is 10.1. The predicted octanol–water partition coefficient (Wildman–Crippen LogP) is 1.19. The zero-order valence-electron chi connectivity index (χ0n) is 14.8. The van der Waals surface area contributed by atoms with E-state index >= 15 is 0 Å². The Labute approximate surface area is 140 Å². The number of hydrogen-bond donors (Lipinski definition) is 1. The Balaban J connectivity index is 1.43. The van der Waals surface area contributed by atoms with E-state index in [0.29, 0.717) is 30.6 Å². The lowest BCUT2D eigenvalue weighted by Crippen LogP contribution is -2.63. The predicted molar refractivity (Wildman–Crippen MR) is 90.4 cm³/mol. The van der Waals surface area contributed by atoms with Gasteiger partial charge in [-0.15, -0.1) is 0 Å². The summed E-state index contributed by atoms with van der Waals surface area (Å²) in [6.45, 7) is 6.49. The number of ether oxygens (including phenoxy) is 1. The van der Waals surface area contributed by atoms with Gasteiger partial charge in [0.2, 0.25) is 0 Å². The Kier molecular flexibility index (Phi) is 4.55. The maximum Gasteiger partial charge on any atom is 0.281 e. The van der Waals surface area contributed by atoms with Crippen LogP contribution in [-0.4, -0.2) is 68.5 Å². The molecule has 3 rings (SSSR count). The summed E-state index contributed by atoms with van der Waals surface area (Å²) >= 11 is 0. The first-order valence-electron chi connectivity index (χ1n) is 8.70. The van der Waals surface area contributed by atoms with Crippen LogP contribution in [0.1, 0.15) is 46.0 Å². The van der Waals surface area contributed by atoms with Gasteiger partial charge in [0.05, 0.1) is 12.2 Å². The summed E-state index contributed by atoms with van der Waals surface area (Å²) in [4.78, 5) is 0. The van der Waals surface area contributed by atoms with E-state index in [2.05, 4.69) is 19.2 Å². The van der Waals surface area contributed by atoms with Gasteiger partial charge in [-0.25, -0.2) is 0 Å². The van der Waals surface area contributed by atoms with E-state index in [1.54, 1.807) is 18.4 Å². The highest BCUT2D eigenvalue weighted by Gasteiger charge is 2.46. The van der Waals surface area contributed by atoms with Gasteiger partial charge in [0.15, 0.2) is 0 Å². The highest BCUT2D eigenvalue weighted by molar-refractivity contribution is 7.86. The molecule has 1 N–H and O–H groups in total. The van der Waals surface area contributed by atoms with E-state index in [0.717, 1.165) is 6.61 Å². The molecule has 1 aliphatic carbocycles. The normalized spacial score (nSPS) is 35.8. The fraction of sp³-hybridized carbons (Fsp3) is 1.00. The Hall–Kier alpha value is -0.210. The summed E-state index contributed by atoms with van der Waals surface area (Å²) in [5.41, 5.74) is 0.427. The second-order valence-electron chi connectivity index (χ2n) is 8.47. The third kappa shape index (κ3) is 3.58. The van der Waals surface area contributed by atoms with Gasteiger partial charge < -0.3 is 10.1 Å². The summed E-state index contributed by atoms with van der Waals surface area (Å²) < 4.78 is 32.8. The van der Waals surface area contributed by atoms with Crippen molar-refractivity contribution < 1.29 is 13.2 Å². The Bertz CT molecular complexity index is 533. The number of hydrogen-bond acceptors (Lipinski definition) is 4. The van der Waals surface area contributed by atoms with Crippen LogP contribution in [0.3, 0.4) is 0 Å². The van der Waals surface area contributed by atoms with Gasteiger partial charge in [-0.05, 0) is 51.4 Å². The zero-order valence-corrected chi connectivity index (χ0v) is 15.7. The molecule has 0 aromatic rings. The van der Waals surface area contributed by atoms with Crippen molar-refractivity contribution in [1.82, 2.24) is 13.9 Å². The van der Waals surface area contributed by atoms with Crippen molar-refractivity contribution in [2.75, 3.05) is 33.8 Å². The molecular weight excluding hydrogens is 314 g/mol. The first-order chi connectivity index (χ1) is 10.6. The Morgan fingerprint density at radius 2 is 1.74 bits per heavy atom. The van der Waals surface area contributed by atoms with Crippen molar-refractivity contribution in [2.24, 2.45) is 5.41 Å². The molecule has 3 fully saturated rings. The van der Waals surface area contributed by atoms with E-state index in [9.17, 15) is 8.42 Å². The SMILES string of the molecule is CN(C)S(=O)(=O)N1CC(NC2CCC3(CC2)COC(C)(C)C3)C1. The third-order valence-corrected chi connectivity index (χ3v) is 7.60. The highest BCUT2D eigenvalue weighted by Crippen LogP contribution is 2.48. The van der Waals surface area contributed by atoms with Crippen molar-refractivity contribution in [1.29, 1.82) is 0 Å². The van der Waals surface area contributed by atoms with Crippen LogP contribution in [0.4, 0.5) is 0 Å². The fourth-order valence-electron chi connectivity index (χ4n) is 4.37. The van der Waals surface area contributed by atoms with Crippen molar-refractivity contribution in [2.45, 2.75) is 63.6 Å². The quantitative estimate of drug-likeness (QED) is 0.831. The lowest BCUT2D eigenvalue weighted by molar-refractivity contribution is 0.0273. The minimum atomic E-state index is -3.23. The summed E-state index contributed by atoms with van der Waals surface area (Å²) in [6, 6.07) is 0.832. The fourth-order valence-corrected chi connectivity index (χ4v) is 5.57. The average molecular weight is 346 g/mol. The molecule has 0 bridgehead atoms. The van der Waals surface area contributed by atoms with E-state index < -0.39 is 10.2 Å². The molecule has 0 atom stereocenters. The zero-order chi connectivity index (χ0) is 16.9. The van der Waals surface area contributed by atoms with E-state index in [4.69, 9.17) is 4.74 Å². The molecule has 6 nitrogen and oxygen atoms in total. The molecule has 1 saturated carbocycles. The topological polar surface area (TPSA) is 61.9 Å². The van der Waals surface area contributed by atoms with Crippen molar-refractivity contribution in [3.8, 4) is 0 Å². The van der Waals surface area contributed by atoms with Gasteiger partial charge in [-0.2, -0.15) is 17.0 Å². The highest BCUT2D eigenvalue weighted by atomic mass is 32.2. The van der Waals surface area contributed by atoms with Gasteiger partial charge in [0, 0.05) is 39.3 Å². The molecule has 7 heteroatoms. The number of nitrogens with zero attached hydrogens (tertiary/aromatic N) is 2. The molecule has 0 amide bonds. The first kappa shape index (κ1) is 17.6. The smallest absolute Gasteiger partial charge is 0.281 e. The Morgan fingerprint density at radius 1 is 1.13 bits per heavy atom. The van der Waals surface area contributed by atoms with Gasteiger partial charge in [-0.1, -0.05) is 0 Å². The molecule has 3 aliphatic rings. The van der Waals surface area contributed by atoms with E-state index in [1.165, 1.54) is 36.4 Å². The van der Waals surface area contributed by atoms with Crippen LogP contribution in [0.25, 0.3) is 0 Å². The molecule has 23 heavy (non-hydrogen) atoms. The van der Waals surface area contributed by atoms with Crippen molar-refractivity contribution in [3.63, 3.8) is 0 Å². The number of rotatable bonds is 4. The summed E-state index contributed by atoms with van der Waals surface area (Å²) in [5.74, 6) is 0. The summed E-state index contributed by atoms with van der Waals surface area (Å²) in [7, 11) is -0.0647. The third-order valence-electron chi connectivity index (χ3n) is 5.72. The molecule has 2 saturated heterocycles. The van der Waals surface area contributed by atoms with Crippen molar-refractivity contribution in [3.05, 3.63) is 0 Å². The van der Waals surface area contributed by atoms with Crippen LogP contribution < -0.4 is 5.32 Å². The molecular formula is C16H31N3O3S. The summed E-state index contributed by atoms with van der Waals surface area (Å²) in [6.07, 6.45) is 5.97. The number of nitrogens with one attached hydrogen (secondary N) is 1. The van der Waals surface area contributed by atoms with E-state index in [1.807, 2.05) is 0 Å². The van der Waals surface area contributed by atoms with Crippen molar-refractivity contribution >= 4 is 10.2 Å². The molecule has 2 aliphatic heterocycles. The van der Waals surface area contributed by atoms with Gasteiger partial charge in [-0.3, -0.25) is 0 Å². The maximum atomic E-state index is 12.0. The largest absolute Gasteiger partial charge is 0.375 e. The monoisotopic (exact) mass is 345 g/mol. The minimum absolute atomic E-state index is 0.0370. The van der Waals surface area contributed by atoms with Crippen LogP contribution in [0.2, 0.25) is 0 Å². The summed E-state index contributed by atoms with van der Waals surface area (Å²) in [5, 5.41) is 3.66. The lowest BCUT2D eigenvalue weighted by atomic mass is 9.69. The molecule has 0 unspecified atom stereocenters. The van der Waals surface area contributed by atoms with E-state index in [-0.39, 0.29) is 5.60 Å². The minimum Gasteiger partial charge on any atom is -0.375 e. The second-order valence-corrected chi connectivity index (χ2v) is 10.6. The van der Waals surface area contributed by atoms with Crippen LogP contribution in [0, 0.1) is 5.41 Å². The van der Waals surface area contributed by atoms with Gasteiger partial charge in [0.25, 0.3) is 10.2 Å². The average Bonchev–Trinajstić information content (AvgIpc) is 2.71. The van der Waals surface area contributed by atoms with Gasteiger partial charge >= 0.3 is 0 Å². The lowest BCUT2D eigenvalue weighted by Gasteiger charge is -2.44. The standard InChI is InChI=1S/C16H31N3O3S/c1-15(2)11-16(12-22-15)7-5-13(6-8-16)17-14-9-19(10-14)23(20,21)18(3)4/h13-14,17H,5-12H2,1-4H3. The molecule has 1 spiro atoms. The molecule has 2 heterocycles. The molecule has 0 aromatic carbocycles.